The highest BCUT2D eigenvalue weighted by atomic mass is 19.1. The molecule has 2 nitrogen and oxygen atoms in total. The van der Waals surface area contributed by atoms with E-state index in [1.165, 1.54) is 26.0 Å². The summed E-state index contributed by atoms with van der Waals surface area (Å²) < 4.78 is 18.3. The second-order valence-electron chi connectivity index (χ2n) is 4.77. The molecule has 0 heterocycles. The maximum absolute atomic E-state index is 13.4. The second-order valence-corrected chi connectivity index (χ2v) is 4.77. The van der Waals surface area contributed by atoms with Gasteiger partial charge >= 0.3 is 0 Å². The van der Waals surface area contributed by atoms with Crippen molar-refractivity contribution in [3.05, 3.63) is 29.6 Å². The Morgan fingerprint density at radius 1 is 1.47 bits per heavy atom. The lowest BCUT2D eigenvalue weighted by Crippen LogP contribution is -2.09. The normalized spacial score (nSPS) is 16.9. The summed E-state index contributed by atoms with van der Waals surface area (Å²) in [5, 5.41) is 9.71. The first-order valence-corrected chi connectivity index (χ1v) is 6.21. The first-order valence-electron chi connectivity index (χ1n) is 6.21. The summed E-state index contributed by atoms with van der Waals surface area (Å²) in [5.74, 6) is 0.502. The summed E-state index contributed by atoms with van der Waals surface area (Å²) in [4.78, 5) is 0. The Bertz CT molecular complexity index is 374. The molecular formula is C14H19FO2. The van der Waals surface area contributed by atoms with Gasteiger partial charge in [0.15, 0.2) is 11.6 Å². The number of benzene rings is 1. The van der Waals surface area contributed by atoms with Crippen molar-refractivity contribution in [2.24, 2.45) is 5.92 Å². The molecule has 2 rings (SSSR count). The molecule has 1 atom stereocenters. The maximum Gasteiger partial charge on any atom is 0.165 e. The average molecular weight is 238 g/mol. The average Bonchev–Trinajstić information content (AvgIpc) is 3.13. The number of hydrogen-bond acceptors (Lipinski definition) is 2. The summed E-state index contributed by atoms with van der Waals surface area (Å²) in [7, 11) is 1.46. The van der Waals surface area contributed by atoms with Crippen molar-refractivity contribution in [1.82, 2.24) is 0 Å². The third kappa shape index (κ3) is 3.43. The fourth-order valence-corrected chi connectivity index (χ4v) is 2.10. The molecule has 0 aliphatic heterocycles. The quantitative estimate of drug-likeness (QED) is 0.825. The van der Waals surface area contributed by atoms with Crippen LogP contribution in [0.3, 0.4) is 0 Å². The molecule has 1 aromatic carbocycles. The molecule has 1 fully saturated rings. The van der Waals surface area contributed by atoms with Gasteiger partial charge in [0, 0.05) is 0 Å². The maximum atomic E-state index is 13.4. The van der Waals surface area contributed by atoms with Crippen molar-refractivity contribution in [2.75, 3.05) is 7.11 Å². The molecule has 94 valence electrons. The van der Waals surface area contributed by atoms with Crippen LogP contribution in [0.4, 0.5) is 4.39 Å². The molecule has 1 aliphatic carbocycles. The number of aliphatic hydroxyl groups is 1. The van der Waals surface area contributed by atoms with Crippen LogP contribution in [0.2, 0.25) is 0 Å². The van der Waals surface area contributed by atoms with Gasteiger partial charge in [0.05, 0.1) is 13.2 Å². The van der Waals surface area contributed by atoms with Gasteiger partial charge in [-0.2, -0.15) is 0 Å². The van der Waals surface area contributed by atoms with Crippen LogP contribution in [-0.4, -0.2) is 18.3 Å². The van der Waals surface area contributed by atoms with Gasteiger partial charge in [0.1, 0.15) is 0 Å². The fourth-order valence-electron chi connectivity index (χ4n) is 2.10. The Labute approximate surface area is 101 Å². The molecule has 1 N–H and O–H groups in total. The number of aryl methyl sites for hydroxylation is 1. The molecule has 0 radical (unpaired) electrons. The van der Waals surface area contributed by atoms with Crippen molar-refractivity contribution >= 4 is 0 Å². The monoisotopic (exact) mass is 238 g/mol. The summed E-state index contributed by atoms with van der Waals surface area (Å²) in [5.41, 5.74) is 0.964. The van der Waals surface area contributed by atoms with Crippen LogP contribution in [0, 0.1) is 11.7 Å². The van der Waals surface area contributed by atoms with Gasteiger partial charge in [-0.05, 0) is 55.7 Å². The van der Waals surface area contributed by atoms with E-state index in [1.807, 2.05) is 6.07 Å². The van der Waals surface area contributed by atoms with Crippen molar-refractivity contribution in [3.8, 4) is 5.75 Å². The van der Waals surface area contributed by atoms with Crippen LogP contribution in [-0.2, 0) is 6.42 Å². The minimum Gasteiger partial charge on any atom is -0.494 e. The number of halogens is 1. The lowest BCUT2D eigenvalue weighted by atomic mass is 10.0. The number of hydrogen-bond donors (Lipinski definition) is 1. The number of ether oxygens (including phenoxy) is 1. The smallest absolute Gasteiger partial charge is 0.165 e. The highest BCUT2D eigenvalue weighted by molar-refractivity contribution is 5.29. The minimum absolute atomic E-state index is 0.155. The standard InChI is InChI=1S/C14H19FO2/c1-17-14-8-5-10(9-12(14)15)3-2-4-13(16)11-6-7-11/h5,8-9,11,13,16H,2-4,6-7H2,1H3. The number of rotatable bonds is 6. The molecule has 0 spiro atoms. The molecule has 0 amide bonds. The van der Waals surface area contributed by atoms with Crippen LogP contribution < -0.4 is 4.74 Å². The molecule has 17 heavy (non-hydrogen) atoms. The van der Waals surface area contributed by atoms with E-state index in [-0.39, 0.29) is 17.7 Å². The van der Waals surface area contributed by atoms with E-state index in [2.05, 4.69) is 0 Å². The Hall–Kier alpha value is -1.09. The minimum atomic E-state index is -0.312. The van der Waals surface area contributed by atoms with Crippen LogP contribution in [0.1, 0.15) is 31.2 Å². The van der Waals surface area contributed by atoms with Crippen LogP contribution in [0.25, 0.3) is 0 Å². The van der Waals surface area contributed by atoms with E-state index in [1.54, 1.807) is 6.07 Å². The van der Waals surface area contributed by atoms with Crippen LogP contribution in [0.5, 0.6) is 5.75 Å². The second kappa shape index (κ2) is 5.50. The Balaban J connectivity index is 1.80. The predicted molar refractivity (Wildman–Crippen MR) is 64.6 cm³/mol. The third-order valence-electron chi connectivity index (χ3n) is 3.35. The Morgan fingerprint density at radius 2 is 2.24 bits per heavy atom. The van der Waals surface area contributed by atoms with Crippen molar-refractivity contribution in [2.45, 2.75) is 38.2 Å². The molecule has 1 aromatic rings. The zero-order chi connectivity index (χ0) is 12.3. The fraction of sp³-hybridized carbons (Fsp3) is 0.571. The van der Waals surface area contributed by atoms with Crippen molar-refractivity contribution < 1.29 is 14.2 Å². The highest BCUT2D eigenvalue weighted by Crippen LogP contribution is 2.34. The van der Waals surface area contributed by atoms with Gasteiger partial charge in [-0.15, -0.1) is 0 Å². The topological polar surface area (TPSA) is 29.5 Å². The Morgan fingerprint density at radius 3 is 2.82 bits per heavy atom. The summed E-state index contributed by atoms with van der Waals surface area (Å²) in [6.07, 6.45) is 4.71. The molecular weight excluding hydrogens is 219 g/mol. The molecule has 1 aliphatic rings. The number of methoxy groups -OCH3 is 1. The molecule has 0 aromatic heterocycles. The van der Waals surface area contributed by atoms with Gasteiger partial charge in [0.25, 0.3) is 0 Å². The first-order chi connectivity index (χ1) is 8.20. The predicted octanol–water partition coefficient (Wildman–Crippen LogP) is 2.93. The molecule has 1 saturated carbocycles. The molecule has 0 bridgehead atoms. The molecule has 1 unspecified atom stereocenters. The zero-order valence-corrected chi connectivity index (χ0v) is 10.2. The van der Waals surface area contributed by atoms with Gasteiger partial charge in [-0.1, -0.05) is 6.07 Å². The molecule has 3 heteroatoms. The van der Waals surface area contributed by atoms with E-state index in [0.717, 1.165) is 24.8 Å². The highest BCUT2D eigenvalue weighted by Gasteiger charge is 2.28. The van der Waals surface area contributed by atoms with E-state index < -0.39 is 0 Å². The van der Waals surface area contributed by atoms with E-state index in [0.29, 0.717) is 5.92 Å². The summed E-state index contributed by atoms with van der Waals surface area (Å²) >= 11 is 0. The van der Waals surface area contributed by atoms with Gasteiger partial charge in [-0.3, -0.25) is 0 Å². The Kier molecular flexibility index (Phi) is 4.00. The van der Waals surface area contributed by atoms with Crippen molar-refractivity contribution in [3.63, 3.8) is 0 Å². The first kappa shape index (κ1) is 12.4. The number of aliphatic hydroxyl groups excluding tert-OH is 1. The van der Waals surface area contributed by atoms with Gasteiger partial charge in [0.2, 0.25) is 0 Å². The zero-order valence-electron chi connectivity index (χ0n) is 10.2. The van der Waals surface area contributed by atoms with Crippen LogP contribution >= 0.6 is 0 Å². The van der Waals surface area contributed by atoms with Gasteiger partial charge < -0.3 is 9.84 Å². The third-order valence-corrected chi connectivity index (χ3v) is 3.35. The SMILES string of the molecule is COc1ccc(CCCC(O)C2CC2)cc1F. The van der Waals surface area contributed by atoms with E-state index in [9.17, 15) is 9.50 Å². The summed E-state index contributed by atoms with van der Waals surface area (Å²) in [6.45, 7) is 0. The summed E-state index contributed by atoms with van der Waals surface area (Å²) in [6, 6.07) is 5.05. The molecule has 0 saturated heterocycles. The largest absolute Gasteiger partial charge is 0.494 e. The van der Waals surface area contributed by atoms with E-state index in [4.69, 9.17) is 4.74 Å². The lowest BCUT2D eigenvalue weighted by molar-refractivity contribution is 0.139. The van der Waals surface area contributed by atoms with Crippen LogP contribution in [0.15, 0.2) is 18.2 Å². The lowest BCUT2D eigenvalue weighted by Gasteiger charge is -2.09. The van der Waals surface area contributed by atoms with E-state index >= 15 is 0 Å². The van der Waals surface area contributed by atoms with Crippen molar-refractivity contribution in [1.29, 1.82) is 0 Å². The van der Waals surface area contributed by atoms with Gasteiger partial charge in [-0.25, -0.2) is 4.39 Å².